The quantitative estimate of drug-likeness (QED) is 0.769. The molecule has 1 aromatic heterocycles. The summed E-state index contributed by atoms with van der Waals surface area (Å²) in [6.45, 7) is 5.77. The highest BCUT2D eigenvalue weighted by atomic mass is 32.2. The zero-order chi connectivity index (χ0) is 17.8. The van der Waals surface area contributed by atoms with Crippen LogP contribution in [-0.4, -0.2) is 52.4 Å². The second kappa shape index (κ2) is 8.06. The Labute approximate surface area is 153 Å². The molecule has 3 rings (SSSR count). The highest BCUT2D eigenvalue weighted by molar-refractivity contribution is 7.99. The summed E-state index contributed by atoms with van der Waals surface area (Å²) in [5, 5.41) is 0.850. The van der Waals surface area contributed by atoms with Crippen molar-refractivity contribution < 1.29 is 9.53 Å². The maximum Gasteiger partial charge on any atom is 0.233 e. The van der Waals surface area contributed by atoms with Gasteiger partial charge in [-0.2, -0.15) is 0 Å². The van der Waals surface area contributed by atoms with Gasteiger partial charge in [0.2, 0.25) is 5.91 Å². The van der Waals surface area contributed by atoms with E-state index in [1.54, 1.807) is 13.3 Å². The van der Waals surface area contributed by atoms with Crippen LogP contribution in [0.15, 0.2) is 35.7 Å². The Morgan fingerprint density at radius 3 is 2.72 bits per heavy atom. The van der Waals surface area contributed by atoms with Crippen molar-refractivity contribution in [3.63, 3.8) is 0 Å². The number of aryl methyl sites for hydroxylation is 2. The number of likely N-dealkylation sites (tertiary alicyclic amines) is 1. The highest BCUT2D eigenvalue weighted by Crippen LogP contribution is 2.23. The fraction of sp³-hybridized carbons (Fsp3) is 0.474. The summed E-state index contributed by atoms with van der Waals surface area (Å²) in [5.41, 5.74) is 3.60. The molecule has 1 fully saturated rings. The van der Waals surface area contributed by atoms with Crippen molar-refractivity contribution in [2.45, 2.75) is 37.9 Å². The van der Waals surface area contributed by atoms with Crippen molar-refractivity contribution in [2.75, 3.05) is 26.0 Å². The number of ether oxygens (including phenoxy) is 1. The van der Waals surface area contributed by atoms with Gasteiger partial charge in [-0.1, -0.05) is 17.8 Å². The van der Waals surface area contributed by atoms with E-state index in [1.807, 2.05) is 15.7 Å². The molecule has 25 heavy (non-hydrogen) atoms. The highest BCUT2D eigenvalue weighted by Gasteiger charge is 2.22. The number of hydrogen-bond donors (Lipinski definition) is 0. The molecule has 1 aromatic carbocycles. The van der Waals surface area contributed by atoms with Gasteiger partial charge in [-0.3, -0.25) is 9.36 Å². The SMILES string of the molecule is COC1CCN(C(=O)CSc2nccn2-c2ccc(C)c(C)c2)CC1. The lowest BCUT2D eigenvalue weighted by Gasteiger charge is -2.31. The Kier molecular flexibility index (Phi) is 5.81. The Balaban J connectivity index is 1.62. The molecule has 0 radical (unpaired) electrons. The summed E-state index contributed by atoms with van der Waals surface area (Å²) < 4.78 is 7.41. The first-order valence-electron chi connectivity index (χ1n) is 8.63. The van der Waals surface area contributed by atoms with Crippen LogP contribution in [0.3, 0.4) is 0 Å². The zero-order valence-corrected chi connectivity index (χ0v) is 15.9. The number of carbonyl (C=O) groups is 1. The van der Waals surface area contributed by atoms with Gasteiger partial charge in [0.1, 0.15) is 0 Å². The average Bonchev–Trinajstić information content (AvgIpc) is 3.10. The third-order valence-electron chi connectivity index (χ3n) is 4.83. The molecular weight excluding hydrogens is 334 g/mol. The molecule has 134 valence electrons. The minimum absolute atomic E-state index is 0.175. The Bertz CT molecular complexity index is 736. The molecule has 1 saturated heterocycles. The molecule has 1 amide bonds. The summed E-state index contributed by atoms with van der Waals surface area (Å²) in [7, 11) is 1.74. The Morgan fingerprint density at radius 2 is 2.04 bits per heavy atom. The third kappa shape index (κ3) is 4.25. The van der Waals surface area contributed by atoms with Crippen LogP contribution in [0, 0.1) is 13.8 Å². The van der Waals surface area contributed by atoms with Gasteiger partial charge in [0.15, 0.2) is 5.16 Å². The van der Waals surface area contributed by atoms with E-state index >= 15 is 0 Å². The largest absolute Gasteiger partial charge is 0.381 e. The van der Waals surface area contributed by atoms with Gasteiger partial charge in [-0.25, -0.2) is 4.98 Å². The number of carbonyl (C=O) groups excluding carboxylic acids is 1. The smallest absolute Gasteiger partial charge is 0.233 e. The van der Waals surface area contributed by atoms with Crippen LogP contribution in [-0.2, 0) is 9.53 Å². The van der Waals surface area contributed by atoms with E-state index in [1.165, 1.54) is 22.9 Å². The van der Waals surface area contributed by atoms with Crippen molar-refractivity contribution in [1.29, 1.82) is 0 Å². The number of rotatable bonds is 5. The van der Waals surface area contributed by atoms with Crippen LogP contribution in [0.1, 0.15) is 24.0 Å². The lowest BCUT2D eigenvalue weighted by atomic mass is 10.1. The molecule has 0 aliphatic carbocycles. The third-order valence-corrected chi connectivity index (χ3v) is 5.78. The van der Waals surface area contributed by atoms with Gasteiger partial charge >= 0.3 is 0 Å². The standard InChI is InChI=1S/C19H25N3O2S/c1-14-4-5-16(12-15(14)2)22-11-8-20-19(22)25-13-18(23)21-9-6-17(24-3)7-10-21/h4-5,8,11-12,17H,6-7,9-10,13H2,1-3H3. The van der Waals surface area contributed by atoms with Crippen LogP contribution in [0.25, 0.3) is 5.69 Å². The second-order valence-corrected chi connectivity index (χ2v) is 7.40. The van der Waals surface area contributed by atoms with Crippen molar-refractivity contribution in [2.24, 2.45) is 0 Å². The van der Waals surface area contributed by atoms with Gasteiger partial charge in [0, 0.05) is 38.3 Å². The zero-order valence-electron chi connectivity index (χ0n) is 15.1. The van der Waals surface area contributed by atoms with Crippen LogP contribution in [0.4, 0.5) is 0 Å². The Morgan fingerprint density at radius 1 is 1.28 bits per heavy atom. The van der Waals surface area contributed by atoms with Gasteiger partial charge in [-0.15, -0.1) is 0 Å². The summed E-state index contributed by atoms with van der Waals surface area (Å²) in [6, 6.07) is 6.36. The number of nitrogens with zero attached hydrogens (tertiary/aromatic N) is 3. The number of benzene rings is 1. The van der Waals surface area contributed by atoms with Gasteiger partial charge in [0.05, 0.1) is 11.9 Å². The topological polar surface area (TPSA) is 47.4 Å². The lowest BCUT2D eigenvalue weighted by molar-refractivity contribution is -0.130. The predicted octanol–water partition coefficient (Wildman–Crippen LogP) is 3.22. The van der Waals surface area contributed by atoms with Crippen LogP contribution in [0.5, 0.6) is 0 Å². The monoisotopic (exact) mass is 359 g/mol. The number of amides is 1. The maximum absolute atomic E-state index is 12.5. The van der Waals surface area contributed by atoms with Crippen molar-refractivity contribution >= 4 is 17.7 Å². The minimum atomic E-state index is 0.175. The van der Waals surface area contributed by atoms with Crippen molar-refractivity contribution in [3.8, 4) is 5.69 Å². The van der Waals surface area contributed by atoms with Crippen LogP contribution < -0.4 is 0 Å². The first-order valence-corrected chi connectivity index (χ1v) is 9.61. The fourth-order valence-corrected chi connectivity index (χ4v) is 3.90. The van der Waals surface area contributed by atoms with Crippen LogP contribution in [0.2, 0.25) is 0 Å². The molecule has 0 atom stereocenters. The molecule has 1 aliphatic rings. The number of imidazole rings is 1. The summed E-state index contributed by atoms with van der Waals surface area (Å²) >= 11 is 1.50. The van der Waals surface area contributed by atoms with E-state index < -0.39 is 0 Å². The van der Waals surface area contributed by atoms with E-state index in [-0.39, 0.29) is 5.91 Å². The molecule has 6 heteroatoms. The maximum atomic E-state index is 12.5. The van der Waals surface area contributed by atoms with Gasteiger partial charge in [0.25, 0.3) is 0 Å². The second-order valence-electron chi connectivity index (χ2n) is 6.45. The molecule has 0 saturated carbocycles. The molecule has 0 N–H and O–H groups in total. The molecule has 1 aliphatic heterocycles. The van der Waals surface area contributed by atoms with Gasteiger partial charge in [-0.05, 0) is 49.9 Å². The number of hydrogen-bond acceptors (Lipinski definition) is 4. The van der Waals surface area contributed by atoms with Crippen molar-refractivity contribution in [3.05, 3.63) is 41.7 Å². The molecule has 0 bridgehead atoms. The molecular formula is C19H25N3O2S. The summed E-state index contributed by atoms with van der Waals surface area (Å²) in [5.74, 6) is 0.591. The predicted molar refractivity (Wildman–Crippen MR) is 100 cm³/mol. The number of aromatic nitrogens is 2. The average molecular weight is 359 g/mol. The Hall–Kier alpha value is -1.79. The normalized spacial score (nSPS) is 15.6. The number of thioether (sulfide) groups is 1. The minimum Gasteiger partial charge on any atom is -0.381 e. The first-order chi connectivity index (χ1) is 12.1. The van der Waals surface area contributed by atoms with E-state index in [0.717, 1.165) is 36.8 Å². The lowest BCUT2D eigenvalue weighted by Crippen LogP contribution is -2.41. The van der Waals surface area contributed by atoms with Crippen molar-refractivity contribution in [1.82, 2.24) is 14.5 Å². The molecule has 2 heterocycles. The number of piperidine rings is 1. The van der Waals surface area contributed by atoms with E-state index in [4.69, 9.17) is 4.74 Å². The summed E-state index contributed by atoms with van der Waals surface area (Å²) in [4.78, 5) is 18.8. The van der Waals surface area contributed by atoms with E-state index in [2.05, 4.69) is 37.0 Å². The van der Waals surface area contributed by atoms with E-state index in [9.17, 15) is 4.79 Å². The molecule has 0 unspecified atom stereocenters. The molecule has 2 aromatic rings. The molecule has 0 spiro atoms. The van der Waals surface area contributed by atoms with Crippen LogP contribution >= 0.6 is 11.8 Å². The van der Waals surface area contributed by atoms with E-state index in [0.29, 0.717) is 11.9 Å². The first kappa shape index (κ1) is 18.0. The van der Waals surface area contributed by atoms with Gasteiger partial charge < -0.3 is 9.64 Å². The molecule has 5 nitrogen and oxygen atoms in total. The number of methoxy groups -OCH3 is 1. The fourth-order valence-electron chi connectivity index (χ4n) is 3.03. The summed E-state index contributed by atoms with van der Waals surface area (Å²) in [6.07, 6.45) is 5.86.